The van der Waals surface area contributed by atoms with Crippen LogP contribution >= 0.6 is 11.3 Å². The predicted molar refractivity (Wildman–Crippen MR) is 89.5 cm³/mol. The van der Waals surface area contributed by atoms with E-state index >= 15 is 0 Å². The first-order valence-corrected chi connectivity index (χ1v) is 8.11. The normalized spacial score (nSPS) is 11.5. The Bertz CT molecular complexity index is 621. The Morgan fingerprint density at radius 2 is 2.09 bits per heavy atom. The number of benzene rings is 1. The zero-order chi connectivity index (χ0) is 15.9. The van der Waals surface area contributed by atoms with Crippen LogP contribution in [0.15, 0.2) is 34.6 Å². The van der Waals surface area contributed by atoms with E-state index in [2.05, 4.69) is 20.7 Å². The number of aromatic nitrogens is 1. The van der Waals surface area contributed by atoms with Gasteiger partial charge in [-0.05, 0) is 31.5 Å². The molecule has 0 saturated heterocycles. The van der Waals surface area contributed by atoms with E-state index in [9.17, 15) is 4.39 Å². The number of aryl methyl sites for hydroxylation is 1. The van der Waals surface area contributed by atoms with E-state index < -0.39 is 0 Å². The highest BCUT2D eigenvalue weighted by atomic mass is 32.1. The van der Waals surface area contributed by atoms with Crippen LogP contribution in [0, 0.1) is 12.7 Å². The van der Waals surface area contributed by atoms with Crippen LogP contribution in [0.3, 0.4) is 0 Å². The standard InChI is InChI=1S/C16H21FN4S/c1-4-18-16(19-9-13-5-7-14(17)8-6-13)21(3)10-15-11-22-12(2)20-15/h5-8,11H,4,9-10H2,1-3H3,(H,18,19). The molecular weight excluding hydrogens is 299 g/mol. The fourth-order valence-corrected chi connectivity index (χ4v) is 2.63. The maximum Gasteiger partial charge on any atom is 0.194 e. The van der Waals surface area contributed by atoms with Crippen molar-refractivity contribution in [1.29, 1.82) is 0 Å². The quantitative estimate of drug-likeness (QED) is 0.679. The van der Waals surface area contributed by atoms with Crippen LogP contribution < -0.4 is 5.32 Å². The molecule has 0 spiro atoms. The highest BCUT2D eigenvalue weighted by molar-refractivity contribution is 7.09. The summed E-state index contributed by atoms with van der Waals surface area (Å²) in [5.41, 5.74) is 2.02. The van der Waals surface area contributed by atoms with Crippen molar-refractivity contribution in [2.45, 2.75) is 26.9 Å². The lowest BCUT2D eigenvalue weighted by molar-refractivity contribution is 0.471. The Morgan fingerprint density at radius 1 is 1.36 bits per heavy atom. The zero-order valence-electron chi connectivity index (χ0n) is 13.1. The second kappa shape index (κ2) is 7.89. The fraction of sp³-hybridized carbons (Fsp3) is 0.375. The van der Waals surface area contributed by atoms with E-state index in [0.29, 0.717) is 13.1 Å². The van der Waals surface area contributed by atoms with Crippen molar-refractivity contribution in [1.82, 2.24) is 15.2 Å². The van der Waals surface area contributed by atoms with Crippen LogP contribution in [0.1, 0.15) is 23.2 Å². The average Bonchev–Trinajstić information content (AvgIpc) is 2.90. The molecule has 118 valence electrons. The van der Waals surface area contributed by atoms with Crippen molar-refractivity contribution < 1.29 is 4.39 Å². The van der Waals surface area contributed by atoms with Gasteiger partial charge in [0.15, 0.2) is 5.96 Å². The Balaban J connectivity index is 2.03. The van der Waals surface area contributed by atoms with Gasteiger partial charge in [0, 0.05) is 19.0 Å². The Morgan fingerprint density at radius 3 is 2.68 bits per heavy atom. The van der Waals surface area contributed by atoms with Gasteiger partial charge in [-0.1, -0.05) is 12.1 Å². The number of hydrogen-bond acceptors (Lipinski definition) is 3. The van der Waals surface area contributed by atoms with Crippen LogP contribution in [-0.4, -0.2) is 29.4 Å². The third-order valence-electron chi connectivity index (χ3n) is 3.09. The molecule has 1 heterocycles. The van der Waals surface area contributed by atoms with Gasteiger partial charge in [-0.3, -0.25) is 0 Å². The largest absolute Gasteiger partial charge is 0.357 e. The highest BCUT2D eigenvalue weighted by Crippen LogP contribution is 2.10. The highest BCUT2D eigenvalue weighted by Gasteiger charge is 2.08. The van der Waals surface area contributed by atoms with Crippen LogP contribution in [0.4, 0.5) is 4.39 Å². The van der Waals surface area contributed by atoms with Crippen molar-refractivity contribution in [2.24, 2.45) is 4.99 Å². The molecule has 1 N–H and O–H groups in total. The van der Waals surface area contributed by atoms with Crippen LogP contribution in [0.2, 0.25) is 0 Å². The molecule has 0 fully saturated rings. The minimum Gasteiger partial charge on any atom is -0.357 e. The Kier molecular flexibility index (Phi) is 5.89. The molecule has 1 aromatic carbocycles. The lowest BCUT2D eigenvalue weighted by Gasteiger charge is -2.21. The first kappa shape index (κ1) is 16.4. The average molecular weight is 320 g/mol. The van der Waals surface area contributed by atoms with Gasteiger partial charge in [-0.25, -0.2) is 14.4 Å². The van der Waals surface area contributed by atoms with Crippen molar-refractivity contribution >= 4 is 17.3 Å². The number of nitrogens with zero attached hydrogens (tertiary/aromatic N) is 3. The van der Waals surface area contributed by atoms with Crippen molar-refractivity contribution in [2.75, 3.05) is 13.6 Å². The smallest absolute Gasteiger partial charge is 0.194 e. The molecule has 0 aliphatic carbocycles. The summed E-state index contributed by atoms with van der Waals surface area (Å²) in [4.78, 5) is 11.1. The lowest BCUT2D eigenvalue weighted by atomic mass is 10.2. The number of aliphatic imine (C=N–C) groups is 1. The molecule has 0 saturated carbocycles. The third-order valence-corrected chi connectivity index (χ3v) is 3.91. The molecule has 2 rings (SSSR count). The van der Waals surface area contributed by atoms with E-state index in [1.165, 1.54) is 12.1 Å². The minimum atomic E-state index is -0.226. The van der Waals surface area contributed by atoms with Gasteiger partial charge in [0.25, 0.3) is 0 Å². The molecule has 0 aliphatic rings. The molecule has 2 aromatic rings. The van der Waals surface area contributed by atoms with Gasteiger partial charge in [-0.15, -0.1) is 11.3 Å². The second-order valence-corrected chi connectivity index (χ2v) is 6.07. The van der Waals surface area contributed by atoms with Gasteiger partial charge < -0.3 is 10.2 Å². The summed E-state index contributed by atoms with van der Waals surface area (Å²) in [7, 11) is 1.99. The third kappa shape index (κ3) is 4.80. The van der Waals surface area contributed by atoms with Crippen LogP contribution in [0.5, 0.6) is 0 Å². The monoisotopic (exact) mass is 320 g/mol. The first-order valence-electron chi connectivity index (χ1n) is 7.23. The summed E-state index contributed by atoms with van der Waals surface area (Å²) in [6.07, 6.45) is 0. The van der Waals surface area contributed by atoms with E-state index in [-0.39, 0.29) is 5.82 Å². The SMILES string of the molecule is CCNC(=NCc1ccc(F)cc1)N(C)Cc1csc(C)n1. The first-order chi connectivity index (χ1) is 10.6. The van der Waals surface area contributed by atoms with Gasteiger partial charge >= 0.3 is 0 Å². The molecule has 0 radical (unpaired) electrons. The van der Waals surface area contributed by atoms with Crippen LogP contribution in [-0.2, 0) is 13.1 Å². The summed E-state index contributed by atoms with van der Waals surface area (Å²) in [5.74, 6) is 0.591. The summed E-state index contributed by atoms with van der Waals surface area (Å²) in [6.45, 7) is 6.06. The van der Waals surface area contributed by atoms with Gasteiger partial charge in [0.2, 0.25) is 0 Å². The molecular formula is C16H21FN4S. The Labute approximate surface area is 134 Å². The van der Waals surface area contributed by atoms with Gasteiger partial charge in [0.1, 0.15) is 5.82 Å². The molecule has 1 aromatic heterocycles. The van der Waals surface area contributed by atoms with Crippen molar-refractivity contribution in [3.05, 3.63) is 51.7 Å². The summed E-state index contributed by atoms with van der Waals surface area (Å²) < 4.78 is 12.9. The predicted octanol–water partition coefficient (Wildman–Crippen LogP) is 3.19. The maximum atomic E-state index is 12.9. The number of halogens is 1. The summed E-state index contributed by atoms with van der Waals surface area (Å²) >= 11 is 1.65. The molecule has 0 atom stereocenters. The number of rotatable bonds is 5. The Hall–Kier alpha value is -1.95. The number of nitrogens with one attached hydrogen (secondary N) is 1. The van der Waals surface area contributed by atoms with Crippen molar-refractivity contribution in [3.8, 4) is 0 Å². The lowest BCUT2D eigenvalue weighted by Crippen LogP contribution is -2.38. The molecule has 22 heavy (non-hydrogen) atoms. The van der Waals surface area contributed by atoms with Gasteiger partial charge in [-0.2, -0.15) is 0 Å². The van der Waals surface area contributed by atoms with E-state index in [4.69, 9.17) is 0 Å². The molecule has 0 aliphatic heterocycles. The maximum absolute atomic E-state index is 12.9. The zero-order valence-corrected chi connectivity index (χ0v) is 14.0. The molecule has 0 unspecified atom stereocenters. The molecule has 0 amide bonds. The number of hydrogen-bond donors (Lipinski definition) is 1. The van der Waals surface area contributed by atoms with Crippen LogP contribution in [0.25, 0.3) is 0 Å². The molecule has 4 nitrogen and oxygen atoms in total. The van der Waals surface area contributed by atoms with Crippen molar-refractivity contribution in [3.63, 3.8) is 0 Å². The second-order valence-electron chi connectivity index (χ2n) is 5.01. The topological polar surface area (TPSA) is 40.5 Å². The summed E-state index contributed by atoms with van der Waals surface area (Å²) in [5, 5.41) is 6.40. The van der Waals surface area contributed by atoms with E-state index in [1.807, 2.05) is 25.8 Å². The summed E-state index contributed by atoms with van der Waals surface area (Å²) in [6, 6.07) is 6.43. The van der Waals surface area contributed by atoms with Gasteiger partial charge in [0.05, 0.1) is 23.8 Å². The van der Waals surface area contributed by atoms with E-state index in [1.54, 1.807) is 23.5 Å². The molecule has 0 bridgehead atoms. The number of guanidine groups is 1. The number of thiazole rings is 1. The minimum absolute atomic E-state index is 0.226. The van der Waals surface area contributed by atoms with E-state index in [0.717, 1.165) is 28.8 Å². The fourth-order valence-electron chi connectivity index (χ4n) is 2.02. The molecule has 6 heteroatoms.